The third kappa shape index (κ3) is 12.5. The minimum Gasteiger partial charge on any atom is -1.00 e. The zero-order valence-corrected chi connectivity index (χ0v) is 83.7. The second kappa shape index (κ2) is 32.1. The van der Waals surface area contributed by atoms with E-state index in [2.05, 4.69) is 333 Å². The predicted molar refractivity (Wildman–Crippen MR) is 573 cm³/mol. The standard InChI is InChI=1S/2C28H22BN.2C27H19BF4I2N2.4FH/c1-17-9-6-10-18-19-11-7-15-23-27(19)30(26(17)18)24-16-8-13-21-25(24)29(23)22-14-5-4-12-20(22)28(21,2)3;1-17-14-15-18-19-8-6-12-23-27(19)30(25(18)16-17)24-13-7-10-21-26(24)29(23)22-11-5-4-9-20(22)28(21,2)3;1-27(2)17-9-3-4-11-19(17)28-20-12-5-8-16-24-21(34(31,32)35-33(29)30)13-7-14-22(24)36(26(16)20)23-15-6-10-18(27)25(23)28;1-27(2)19-8-3-4-10-21(19)28-22-11-5-7-17-18-15-16(34(31,32)35-33(29)30)13-14-23(18)36(26(17)22)24-12-6-9-20(27)25(24)28;;;;/h2*4-16H,1-3H3;2*3-15H,1-2H3;4*1H/p-4. The van der Waals surface area contributed by atoms with E-state index < -0.39 is 81.3 Å². The van der Waals surface area contributed by atoms with E-state index in [1.54, 1.807) is 12.1 Å². The van der Waals surface area contributed by atoms with Gasteiger partial charge in [0.25, 0.3) is 0 Å². The fraction of sp³-hybridized carbons (Fsp3) is 0.127. The van der Waals surface area contributed by atoms with Gasteiger partial charge >= 0.3 is 443 Å². The summed E-state index contributed by atoms with van der Waals surface area (Å²) < 4.78 is 127. The normalized spacial score (nSPS) is 15.3. The first-order chi connectivity index (χ1) is 63.6. The van der Waals surface area contributed by atoms with Crippen molar-refractivity contribution in [2.45, 2.75) is 90.9 Å². The molecule has 6 nitrogen and oxygen atoms in total. The Morgan fingerprint density at radius 3 is 1.01 bits per heavy atom. The molecular formula is C110H82B4F12I4N6-4. The SMILES string of the molecule is CC1(C)c2ccccc2B2c3c(cccc31)-n1c3ccc(I(F)(F)=NI(F)F)cc3c3cccc2c31.CC1(C)c2ccccc2B2c3c(cccc31)-n1c3cccc(I(F)(F)=NI(F)F)c3c3cccc2c31.Cc1ccc2c3cccc4c3n(c2c1)-c1cccc2c1B4c1ccccc1C2(C)C.Cc1cccc2c3cccc4c3n(c12)-c1cccc2c1B4c1ccccc1C2(C)C.[F-].[F-].[F-].[F-]. The van der Waals surface area contributed by atoms with Gasteiger partial charge in [-0.05, 0) is 87.3 Å². The Kier molecular flexibility index (Phi) is 21.5. The van der Waals surface area contributed by atoms with Crippen LogP contribution in [0.3, 0.4) is 0 Å². The molecule has 0 fully saturated rings. The molecule has 0 spiro atoms. The van der Waals surface area contributed by atoms with Crippen LogP contribution >= 0.6 is 81.3 Å². The molecule has 0 atom stereocenters. The van der Waals surface area contributed by atoms with Crippen molar-refractivity contribution >= 4 is 261 Å². The maximum Gasteiger partial charge on any atom is 0.247 e. The second-order valence-corrected chi connectivity index (χ2v) is 53.2. The summed E-state index contributed by atoms with van der Waals surface area (Å²) in [5.74, 6) is 0. The van der Waals surface area contributed by atoms with Gasteiger partial charge in [0, 0.05) is 54.8 Å². The van der Waals surface area contributed by atoms with Gasteiger partial charge < -0.3 is 28.0 Å². The van der Waals surface area contributed by atoms with Gasteiger partial charge in [-0.15, -0.1) is 0 Å². The number of aryl methyl sites for hydroxylation is 2. The fourth-order valence-electron chi connectivity index (χ4n) is 25.3. The van der Waals surface area contributed by atoms with Crippen molar-refractivity contribution in [2.75, 3.05) is 0 Å². The van der Waals surface area contributed by atoms with Crippen LogP contribution in [-0.2, 0) is 21.7 Å². The molecule has 8 aliphatic rings. The molecule has 0 amide bonds. The van der Waals surface area contributed by atoms with E-state index in [0.717, 1.165) is 44.2 Å². The summed E-state index contributed by atoms with van der Waals surface area (Å²) in [5, 5.41) is 7.98. The maximum absolute atomic E-state index is 15.3. The number of hydrogen-bond donors (Lipinski definition) is 0. The Morgan fingerprint density at radius 1 is 0.265 bits per heavy atom. The zero-order valence-electron chi connectivity index (χ0n) is 75.1. The molecule has 0 aliphatic carbocycles. The van der Waals surface area contributed by atoms with Gasteiger partial charge in [0.15, 0.2) is 0 Å². The maximum atomic E-state index is 15.3. The smallest absolute Gasteiger partial charge is 0.247 e. The number of benzene rings is 16. The van der Waals surface area contributed by atoms with Gasteiger partial charge in [0.1, 0.15) is 0 Å². The number of para-hydroxylation sites is 5. The number of aromatic nitrogens is 4. The summed E-state index contributed by atoms with van der Waals surface area (Å²) in [5.41, 5.74) is 42.3. The van der Waals surface area contributed by atoms with Crippen LogP contribution in [0, 0.1) is 21.0 Å². The molecule has 16 aromatic carbocycles. The quantitative estimate of drug-likeness (QED) is 0.0958. The first-order valence-electron chi connectivity index (χ1n) is 44.6. The largest absolute Gasteiger partial charge is 1.00 e. The Labute approximate surface area is 807 Å². The van der Waals surface area contributed by atoms with E-state index in [1.165, 1.54) is 183 Å². The van der Waals surface area contributed by atoms with Crippen LogP contribution in [0.1, 0.15) is 111 Å². The van der Waals surface area contributed by atoms with Crippen molar-refractivity contribution in [1.82, 2.24) is 18.3 Å². The number of rotatable bonds is 4. The minimum absolute atomic E-state index is 0. The van der Waals surface area contributed by atoms with Crippen molar-refractivity contribution in [1.29, 1.82) is 0 Å². The molecule has 0 unspecified atom stereocenters. The molecule has 12 heterocycles. The van der Waals surface area contributed by atoms with Gasteiger partial charge in [-0.1, -0.05) is 178 Å². The van der Waals surface area contributed by atoms with Crippen molar-refractivity contribution in [2.24, 2.45) is 2.72 Å². The number of nitrogens with zero attached hydrogens (tertiary/aromatic N) is 6. The van der Waals surface area contributed by atoms with Gasteiger partial charge in [-0.3, -0.25) is 0 Å². The fourth-order valence-corrected chi connectivity index (χ4v) is 36.9. The summed E-state index contributed by atoms with van der Waals surface area (Å²) >= 11 is -22.1. The zero-order chi connectivity index (χ0) is 90.4. The van der Waals surface area contributed by atoms with Gasteiger partial charge in [-0.2, -0.15) is 0 Å². The Hall–Kier alpha value is -11.3. The van der Waals surface area contributed by atoms with Gasteiger partial charge in [-0.25, -0.2) is 0 Å². The van der Waals surface area contributed by atoms with Crippen molar-refractivity contribution < 1.29 is 41.7 Å². The second-order valence-electron chi connectivity index (χ2n) is 38.4. The molecular weight excluding hydrogens is 2180 g/mol. The summed E-state index contributed by atoms with van der Waals surface area (Å²) in [7, 11) is 0. The van der Waals surface area contributed by atoms with Crippen molar-refractivity contribution in [3.8, 4) is 22.7 Å². The molecule has 136 heavy (non-hydrogen) atoms. The molecule has 680 valence electrons. The first-order valence-corrected chi connectivity index (χ1v) is 57.1. The van der Waals surface area contributed by atoms with Crippen LogP contribution in [0.25, 0.3) is 110 Å². The molecule has 0 radical (unpaired) electrons. The number of hydrogen-bond acceptors (Lipinski definition) is 2. The Morgan fingerprint density at radius 2 is 0.581 bits per heavy atom. The summed E-state index contributed by atoms with van der Waals surface area (Å²) in [6, 6.07) is 110. The van der Waals surface area contributed by atoms with E-state index >= 15 is 5.72 Å². The average molecular weight is 2270 g/mol. The molecule has 8 aliphatic heterocycles. The number of fused-ring (bicyclic) bond motifs is 28. The van der Waals surface area contributed by atoms with E-state index in [4.69, 9.17) is 0 Å². The molecule has 0 bridgehead atoms. The number of halogens is 16. The van der Waals surface area contributed by atoms with Gasteiger partial charge in [0.05, 0.1) is 11.0 Å². The molecule has 0 saturated carbocycles. The van der Waals surface area contributed by atoms with E-state index in [0.29, 0.717) is 35.1 Å². The average Bonchev–Trinajstić information content (AvgIpc) is 1.49. The third-order valence-corrected chi connectivity index (χ3v) is 46.3. The topological polar surface area (TPSA) is 44.4 Å². The van der Waals surface area contributed by atoms with Gasteiger partial charge in [0.2, 0.25) is 13.4 Å². The van der Waals surface area contributed by atoms with E-state index in [1.807, 2.05) is 42.5 Å². The van der Waals surface area contributed by atoms with Crippen LogP contribution in [0.2, 0.25) is 0 Å². The Bertz CT molecular complexity index is 8700. The van der Waals surface area contributed by atoms with E-state index in [9.17, 15) is 17.2 Å². The molecule has 28 rings (SSSR count). The van der Waals surface area contributed by atoms with E-state index in [-0.39, 0.29) is 61.0 Å². The first kappa shape index (κ1) is 91.1. The predicted octanol–water partition coefficient (Wildman–Crippen LogP) is 12.4. The van der Waals surface area contributed by atoms with Crippen LogP contribution in [-0.4, -0.2) is 45.1 Å². The van der Waals surface area contributed by atoms with Crippen molar-refractivity contribution in [3.05, 3.63) is 378 Å². The van der Waals surface area contributed by atoms with Crippen LogP contribution in [0.15, 0.2) is 318 Å². The monoisotopic (exact) mass is 2270 g/mol. The van der Waals surface area contributed by atoms with Crippen LogP contribution < -0.4 is 84.4 Å². The summed E-state index contributed by atoms with van der Waals surface area (Å²) in [6.45, 7) is 23.5. The molecule has 26 heteroatoms. The molecule has 0 N–H and O–H groups in total. The Balaban J connectivity index is 0.000000108. The molecule has 0 saturated heterocycles. The molecule has 20 aromatic rings. The minimum atomic E-state index is -6.20. The van der Waals surface area contributed by atoms with Crippen LogP contribution in [0.4, 0.5) is 22.9 Å². The molecule has 4 aromatic heterocycles. The van der Waals surface area contributed by atoms with Crippen molar-refractivity contribution in [3.63, 3.8) is 0 Å². The summed E-state index contributed by atoms with van der Waals surface area (Å²) in [6.07, 6.45) is 0. The van der Waals surface area contributed by atoms with Crippen LogP contribution in [0.5, 0.6) is 0 Å². The summed E-state index contributed by atoms with van der Waals surface area (Å²) in [4.78, 5) is 0. The third-order valence-electron chi connectivity index (χ3n) is 30.5.